The monoisotopic (exact) mass is 416 g/mol. The van der Waals surface area contributed by atoms with Gasteiger partial charge in [-0.15, -0.1) is 0 Å². The van der Waals surface area contributed by atoms with Crippen molar-refractivity contribution in [2.75, 3.05) is 10.7 Å². The number of hydrogen-bond acceptors (Lipinski definition) is 3. The molecule has 0 saturated heterocycles. The van der Waals surface area contributed by atoms with E-state index in [2.05, 4.69) is 15.7 Å². The van der Waals surface area contributed by atoms with Gasteiger partial charge in [0.1, 0.15) is 0 Å². The highest BCUT2D eigenvalue weighted by Gasteiger charge is 2.12. The van der Waals surface area contributed by atoms with Crippen LogP contribution in [-0.2, 0) is 0 Å². The molecule has 0 atom stereocenters. The van der Waals surface area contributed by atoms with Crippen LogP contribution in [0.25, 0.3) is 23.1 Å². The average Bonchev–Trinajstić information content (AvgIpc) is 2.76. The molecular weight excluding hydrogens is 400 g/mol. The second-order valence-electron chi connectivity index (χ2n) is 6.44. The molecule has 0 saturated carbocycles. The number of anilines is 1. The van der Waals surface area contributed by atoms with Crippen LogP contribution in [0.2, 0.25) is 5.02 Å². The van der Waals surface area contributed by atoms with Crippen molar-refractivity contribution in [1.29, 1.82) is 0 Å². The first-order valence-corrected chi connectivity index (χ1v) is 9.56. The summed E-state index contributed by atoms with van der Waals surface area (Å²) in [7, 11) is 0. The zero-order valence-electron chi connectivity index (χ0n) is 15.7. The topological polar surface area (TPSA) is 76.0 Å². The summed E-state index contributed by atoms with van der Waals surface area (Å²) in [6.45, 7) is 0. The first-order chi connectivity index (χ1) is 14.6. The minimum absolute atomic E-state index is 0.289. The Morgan fingerprint density at radius 1 is 0.900 bits per heavy atom. The Hall–Kier alpha value is -3.90. The summed E-state index contributed by atoms with van der Waals surface area (Å²) in [5.74, 6) is 0.289. The third-order valence-electron chi connectivity index (χ3n) is 4.34. The number of para-hydroxylation sites is 2. The number of urea groups is 1. The molecule has 4 aromatic rings. The highest BCUT2D eigenvalue weighted by molar-refractivity contribution is 6.30. The summed E-state index contributed by atoms with van der Waals surface area (Å²) < 4.78 is 1.13. The van der Waals surface area contributed by atoms with Crippen LogP contribution in [-0.4, -0.2) is 15.7 Å². The summed E-state index contributed by atoms with van der Waals surface area (Å²) in [4.78, 5) is 30.0. The Morgan fingerprint density at radius 2 is 1.60 bits per heavy atom. The fourth-order valence-corrected chi connectivity index (χ4v) is 3.02. The number of rotatable bonds is 4. The number of carbonyl (C=O) groups excluding carboxylic acids is 1. The van der Waals surface area contributed by atoms with Crippen LogP contribution in [0.4, 0.5) is 10.5 Å². The van der Waals surface area contributed by atoms with Gasteiger partial charge in [0, 0.05) is 10.7 Å². The number of amides is 2. The maximum Gasteiger partial charge on any atom is 0.338 e. The van der Waals surface area contributed by atoms with E-state index in [9.17, 15) is 9.59 Å². The molecule has 0 aliphatic rings. The van der Waals surface area contributed by atoms with E-state index in [1.54, 1.807) is 72.8 Å². The van der Waals surface area contributed by atoms with Crippen molar-refractivity contribution in [3.63, 3.8) is 0 Å². The van der Waals surface area contributed by atoms with Gasteiger partial charge < -0.3 is 5.32 Å². The third-order valence-corrected chi connectivity index (χ3v) is 4.59. The molecule has 0 fully saturated rings. The summed E-state index contributed by atoms with van der Waals surface area (Å²) in [6, 6.07) is 22.6. The molecule has 1 heterocycles. The van der Waals surface area contributed by atoms with Crippen molar-refractivity contribution in [3.8, 4) is 0 Å². The van der Waals surface area contributed by atoms with E-state index >= 15 is 0 Å². The highest BCUT2D eigenvalue weighted by atomic mass is 35.5. The molecule has 1 aromatic heterocycles. The predicted molar refractivity (Wildman–Crippen MR) is 121 cm³/mol. The van der Waals surface area contributed by atoms with E-state index < -0.39 is 6.03 Å². The Balaban J connectivity index is 1.71. The fraction of sp³-hybridized carbons (Fsp3) is 0. The third kappa shape index (κ3) is 4.39. The van der Waals surface area contributed by atoms with E-state index in [1.807, 2.05) is 18.2 Å². The lowest BCUT2D eigenvalue weighted by Gasteiger charge is -2.13. The lowest BCUT2D eigenvalue weighted by Crippen LogP contribution is -2.37. The number of carbonyl (C=O) groups is 1. The fourth-order valence-electron chi connectivity index (χ4n) is 2.90. The quantitative estimate of drug-likeness (QED) is 0.491. The molecule has 2 N–H and O–H groups in total. The molecule has 7 heteroatoms. The molecule has 148 valence electrons. The summed E-state index contributed by atoms with van der Waals surface area (Å²) in [5.41, 5.74) is 4.23. The van der Waals surface area contributed by atoms with E-state index in [1.165, 1.54) is 0 Å². The second-order valence-corrected chi connectivity index (χ2v) is 6.88. The van der Waals surface area contributed by atoms with Crippen LogP contribution in [0.5, 0.6) is 0 Å². The van der Waals surface area contributed by atoms with Crippen molar-refractivity contribution in [3.05, 3.63) is 106 Å². The van der Waals surface area contributed by atoms with Crippen molar-refractivity contribution >= 4 is 46.4 Å². The first-order valence-electron chi connectivity index (χ1n) is 9.19. The number of benzene rings is 3. The Morgan fingerprint density at radius 3 is 2.37 bits per heavy atom. The van der Waals surface area contributed by atoms with Gasteiger partial charge in [-0.05, 0) is 48.0 Å². The lowest BCUT2D eigenvalue weighted by atomic mass is 10.2. The minimum atomic E-state index is -0.554. The van der Waals surface area contributed by atoms with E-state index in [0.29, 0.717) is 21.6 Å². The van der Waals surface area contributed by atoms with Gasteiger partial charge in [0.25, 0.3) is 5.56 Å². The smallest absolute Gasteiger partial charge is 0.307 e. The zero-order valence-corrected chi connectivity index (χ0v) is 16.5. The van der Waals surface area contributed by atoms with Crippen molar-refractivity contribution in [2.24, 2.45) is 0 Å². The summed E-state index contributed by atoms with van der Waals surface area (Å²) in [6.07, 6.45) is 3.46. The maximum atomic E-state index is 13.0. The number of nitrogens with one attached hydrogen (secondary N) is 2. The lowest BCUT2D eigenvalue weighted by molar-refractivity contribution is 0.259. The van der Waals surface area contributed by atoms with E-state index in [0.717, 1.165) is 10.2 Å². The number of hydrogen-bond donors (Lipinski definition) is 2. The molecule has 3 aromatic carbocycles. The van der Waals surface area contributed by atoms with Gasteiger partial charge in [-0.25, -0.2) is 15.2 Å². The second kappa shape index (κ2) is 8.63. The van der Waals surface area contributed by atoms with E-state index in [-0.39, 0.29) is 11.4 Å². The molecular formula is C23H17ClN4O2. The first kappa shape index (κ1) is 19.4. The average molecular weight is 417 g/mol. The van der Waals surface area contributed by atoms with Crippen molar-refractivity contribution in [1.82, 2.24) is 9.66 Å². The van der Waals surface area contributed by atoms with E-state index in [4.69, 9.17) is 11.6 Å². The minimum Gasteiger partial charge on any atom is -0.307 e. The number of halogens is 1. The molecule has 0 unspecified atom stereocenters. The van der Waals surface area contributed by atoms with Crippen LogP contribution in [0, 0.1) is 0 Å². The largest absolute Gasteiger partial charge is 0.338 e. The zero-order chi connectivity index (χ0) is 20.9. The number of fused-ring (bicyclic) bond motifs is 1. The normalized spacial score (nSPS) is 11.0. The maximum absolute atomic E-state index is 13.0. The van der Waals surface area contributed by atoms with Crippen LogP contribution < -0.4 is 16.3 Å². The molecule has 0 radical (unpaired) electrons. The Kier molecular flexibility index (Phi) is 5.59. The van der Waals surface area contributed by atoms with Crippen LogP contribution in [0.3, 0.4) is 0 Å². The molecule has 0 aliphatic carbocycles. The van der Waals surface area contributed by atoms with Crippen molar-refractivity contribution < 1.29 is 4.79 Å². The van der Waals surface area contributed by atoms with Gasteiger partial charge in [-0.3, -0.25) is 4.79 Å². The number of nitrogens with zero attached hydrogens (tertiary/aromatic N) is 2. The number of aromatic nitrogens is 2. The van der Waals surface area contributed by atoms with Crippen LogP contribution in [0.15, 0.2) is 83.7 Å². The molecule has 6 nitrogen and oxygen atoms in total. The molecule has 2 amide bonds. The molecule has 0 spiro atoms. The Labute approximate surface area is 177 Å². The molecule has 4 rings (SSSR count). The summed E-state index contributed by atoms with van der Waals surface area (Å²) in [5, 5.41) is 3.73. The standard InChI is InChI=1S/C23H17ClN4O2/c24-17-13-10-16(11-14-17)12-15-21-26-20-9-5-4-8-19(20)22(29)28(21)27-23(30)25-18-6-2-1-3-7-18/h1-15H,(H2,25,27,30)/b15-12+. The Bertz CT molecular complexity index is 1280. The van der Waals surface area contributed by atoms with Gasteiger partial charge in [0.2, 0.25) is 0 Å². The SMILES string of the molecule is O=C(Nc1ccccc1)Nn1c(/C=C/c2ccc(Cl)cc2)nc2ccccc2c1=O. The molecule has 0 bridgehead atoms. The van der Waals surface area contributed by atoms with Crippen LogP contribution in [0.1, 0.15) is 11.4 Å². The molecule has 0 aliphatic heterocycles. The van der Waals surface area contributed by atoms with Gasteiger partial charge in [0.15, 0.2) is 5.82 Å². The van der Waals surface area contributed by atoms with Gasteiger partial charge in [0.05, 0.1) is 10.9 Å². The van der Waals surface area contributed by atoms with Crippen LogP contribution >= 0.6 is 11.6 Å². The highest BCUT2D eigenvalue weighted by Crippen LogP contribution is 2.13. The van der Waals surface area contributed by atoms with Crippen molar-refractivity contribution in [2.45, 2.75) is 0 Å². The summed E-state index contributed by atoms with van der Waals surface area (Å²) >= 11 is 5.93. The predicted octanol–water partition coefficient (Wildman–Crippen LogP) is 5.00. The van der Waals surface area contributed by atoms with Gasteiger partial charge >= 0.3 is 6.03 Å². The van der Waals surface area contributed by atoms with Gasteiger partial charge in [-0.2, -0.15) is 4.68 Å². The van der Waals surface area contributed by atoms with Gasteiger partial charge in [-0.1, -0.05) is 60.1 Å². The molecule has 30 heavy (non-hydrogen) atoms.